The molecule has 0 unspecified atom stereocenters. The molecule has 0 saturated carbocycles. The molecule has 1 N–H and O–H groups in total. The number of para-hydroxylation sites is 3. The molecule has 0 aliphatic carbocycles. The first kappa shape index (κ1) is 22.6. The summed E-state index contributed by atoms with van der Waals surface area (Å²) in [6.07, 6.45) is 4.60. The summed E-state index contributed by atoms with van der Waals surface area (Å²) in [6, 6.07) is 16.2. The maximum absolute atomic E-state index is 12.3. The average Bonchev–Trinajstić information content (AvgIpc) is 3.10. The number of carbonyl (C=O) groups is 1. The Morgan fingerprint density at radius 3 is 2.65 bits per heavy atom. The van der Waals surface area contributed by atoms with E-state index in [-0.39, 0.29) is 5.91 Å². The normalized spacial score (nSPS) is 11.5. The zero-order valence-electron chi connectivity index (χ0n) is 18.9. The van der Waals surface area contributed by atoms with Crippen LogP contribution in [-0.4, -0.2) is 22.1 Å². The zero-order chi connectivity index (χ0) is 22.3. The van der Waals surface area contributed by atoms with Gasteiger partial charge < -0.3 is 14.6 Å². The van der Waals surface area contributed by atoms with Gasteiger partial charge in [-0.05, 0) is 43.0 Å². The molecule has 1 aromatic heterocycles. The average molecular weight is 420 g/mol. The Balaban J connectivity index is 1.60. The third kappa shape index (κ3) is 5.97. The third-order valence-electron chi connectivity index (χ3n) is 5.19. The predicted molar refractivity (Wildman–Crippen MR) is 126 cm³/mol. The monoisotopic (exact) mass is 419 g/mol. The molecule has 0 spiro atoms. The van der Waals surface area contributed by atoms with Gasteiger partial charge in [0.15, 0.2) is 0 Å². The predicted octanol–water partition coefficient (Wildman–Crippen LogP) is 5.29. The summed E-state index contributed by atoms with van der Waals surface area (Å²) in [7, 11) is 0. The fourth-order valence-corrected chi connectivity index (χ4v) is 3.46. The largest absolute Gasteiger partial charge is 0.493 e. The van der Waals surface area contributed by atoms with Gasteiger partial charge in [-0.2, -0.15) is 0 Å². The maximum atomic E-state index is 12.3. The number of benzene rings is 2. The Bertz CT molecular complexity index is 1030. The number of imidazole rings is 1. The van der Waals surface area contributed by atoms with Crippen molar-refractivity contribution in [2.24, 2.45) is 5.41 Å². The van der Waals surface area contributed by atoms with E-state index >= 15 is 0 Å². The lowest BCUT2D eigenvalue weighted by molar-refractivity contribution is -0.128. The first-order valence-corrected chi connectivity index (χ1v) is 10.9. The Hall–Kier alpha value is -3.08. The molecular weight excluding hydrogens is 386 g/mol. The first-order chi connectivity index (χ1) is 14.9. The van der Waals surface area contributed by atoms with Crippen LogP contribution in [-0.2, 0) is 24.3 Å². The maximum Gasteiger partial charge on any atom is 0.225 e. The molecule has 0 bridgehead atoms. The number of hydrogen-bond acceptors (Lipinski definition) is 3. The van der Waals surface area contributed by atoms with Crippen molar-refractivity contribution in [2.45, 2.75) is 53.1 Å². The number of amides is 1. The standard InChI is InChI=1S/C26H33N3O2/c1-5-12-20-13-6-9-16-23(20)31-18-11-10-17-29-22-15-8-7-14-21(22)28-24(29)19-27-25(30)26(2,3)4/h5-9,13-16H,1,10-12,17-19H2,2-4H3,(H,27,30). The number of unbranched alkanes of at least 4 members (excludes halogenated alkanes) is 1. The zero-order valence-corrected chi connectivity index (χ0v) is 18.9. The van der Waals surface area contributed by atoms with E-state index in [9.17, 15) is 4.79 Å². The van der Waals surface area contributed by atoms with E-state index in [0.29, 0.717) is 13.2 Å². The number of fused-ring (bicyclic) bond motifs is 1. The van der Waals surface area contributed by atoms with Crippen LogP contribution < -0.4 is 10.1 Å². The summed E-state index contributed by atoms with van der Waals surface area (Å²) in [5.41, 5.74) is 2.79. The second-order valence-electron chi connectivity index (χ2n) is 8.76. The van der Waals surface area contributed by atoms with E-state index in [4.69, 9.17) is 9.72 Å². The molecule has 0 aliphatic rings. The molecule has 0 atom stereocenters. The van der Waals surface area contributed by atoms with E-state index in [2.05, 4.69) is 28.6 Å². The highest BCUT2D eigenvalue weighted by atomic mass is 16.5. The van der Waals surface area contributed by atoms with Crippen LogP contribution in [0.25, 0.3) is 11.0 Å². The molecule has 1 heterocycles. The smallest absolute Gasteiger partial charge is 0.225 e. The lowest BCUT2D eigenvalue weighted by atomic mass is 9.96. The fraction of sp³-hybridized carbons (Fsp3) is 0.385. The summed E-state index contributed by atoms with van der Waals surface area (Å²) in [4.78, 5) is 17.1. The van der Waals surface area contributed by atoms with Gasteiger partial charge in [0.2, 0.25) is 5.91 Å². The molecule has 1 amide bonds. The number of nitrogens with one attached hydrogen (secondary N) is 1. The summed E-state index contributed by atoms with van der Waals surface area (Å²) in [5.74, 6) is 1.84. The topological polar surface area (TPSA) is 56.1 Å². The summed E-state index contributed by atoms with van der Waals surface area (Å²) in [5, 5.41) is 3.03. The van der Waals surface area contributed by atoms with Gasteiger partial charge in [-0.1, -0.05) is 57.2 Å². The highest BCUT2D eigenvalue weighted by Crippen LogP contribution is 2.20. The summed E-state index contributed by atoms with van der Waals surface area (Å²) >= 11 is 0. The second kappa shape index (κ2) is 10.3. The number of carbonyl (C=O) groups excluding carboxylic acids is 1. The molecule has 3 aromatic rings. The van der Waals surface area contributed by atoms with Crippen molar-refractivity contribution in [1.82, 2.24) is 14.9 Å². The molecule has 31 heavy (non-hydrogen) atoms. The minimum Gasteiger partial charge on any atom is -0.493 e. The van der Waals surface area contributed by atoms with E-state index in [1.54, 1.807) is 0 Å². The molecule has 5 heteroatoms. The number of rotatable bonds is 10. The lowest BCUT2D eigenvalue weighted by Crippen LogP contribution is -2.35. The molecule has 5 nitrogen and oxygen atoms in total. The van der Waals surface area contributed by atoms with Crippen LogP contribution in [0, 0.1) is 5.41 Å². The number of aryl methyl sites for hydroxylation is 1. The quantitative estimate of drug-likeness (QED) is 0.359. The van der Waals surface area contributed by atoms with Crippen LogP contribution in [0.15, 0.2) is 61.2 Å². The van der Waals surface area contributed by atoms with E-state index in [1.165, 1.54) is 0 Å². The van der Waals surface area contributed by atoms with Crippen LogP contribution >= 0.6 is 0 Å². The van der Waals surface area contributed by atoms with Gasteiger partial charge in [0.25, 0.3) is 0 Å². The molecule has 3 rings (SSSR count). The van der Waals surface area contributed by atoms with Gasteiger partial charge in [0.05, 0.1) is 24.2 Å². The lowest BCUT2D eigenvalue weighted by Gasteiger charge is -2.18. The molecule has 164 valence electrons. The third-order valence-corrected chi connectivity index (χ3v) is 5.19. The van der Waals surface area contributed by atoms with Crippen molar-refractivity contribution in [3.63, 3.8) is 0 Å². The van der Waals surface area contributed by atoms with Gasteiger partial charge in [0, 0.05) is 12.0 Å². The van der Waals surface area contributed by atoms with Crippen LogP contribution in [0.4, 0.5) is 0 Å². The summed E-state index contributed by atoms with van der Waals surface area (Å²) < 4.78 is 8.23. The number of allylic oxidation sites excluding steroid dienone is 1. The molecule has 0 fully saturated rings. The molecular formula is C26H33N3O2. The van der Waals surface area contributed by atoms with Crippen molar-refractivity contribution in [2.75, 3.05) is 6.61 Å². The van der Waals surface area contributed by atoms with Crippen molar-refractivity contribution < 1.29 is 9.53 Å². The molecule has 2 aromatic carbocycles. The Kier molecular flexibility index (Phi) is 7.50. The SMILES string of the molecule is C=CCc1ccccc1OCCCCn1c(CNC(=O)C(C)(C)C)nc2ccccc21. The molecule has 0 radical (unpaired) electrons. The van der Waals surface area contributed by atoms with Gasteiger partial charge in [-0.15, -0.1) is 6.58 Å². The van der Waals surface area contributed by atoms with Gasteiger partial charge in [-0.3, -0.25) is 4.79 Å². The number of aromatic nitrogens is 2. The van der Waals surface area contributed by atoms with Crippen LogP contribution in [0.1, 0.15) is 45.0 Å². The van der Waals surface area contributed by atoms with Crippen molar-refractivity contribution in [3.05, 3.63) is 72.6 Å². The Morgan fingerprint density at radius 1 is 1.13 bits per heavy atom. The van der Waals surface area contributed by atoms with Crippen LogP contribution in [0.3, 0.4) is 0 Å². The van der Waals surface area contributed by atoms with E-state index in [1.807, 2.05) is 63.2 Å². The number of ether oxygens (including phenoxy) is 1. The molecule has 0 saturated heterocycles. The van der Waals surface area contributed by atoms with Crippen LogP contribution in [0.5, 0.6) is 5.75 Å². The van der Waals surface area contributed by atoms with Crippen LogP contribution in [0.2, 0.25) is 0 Å². The number of hydrogen-bond donors (Lipinski definition) is 1. The minimum atomic E-state index is -0.421. The van der Waals surface area contributed by atoms with Crippen molar-refractivity contribution in [1.29, 1.82) is 0 Å². The first-order valence-electron chi connectivity index (χ1n) is 10.9. The highest BCUT2D eigenvalue weighted by Gasteiger charge is 2.21. The Morgan fingerprint density at radius 2 is 1.87 bits per heavy atom. The number of nitrogens with zero attached hydrogens (tertiary/aromatic N) is 2. The van der Waals surface area contributed by atoms with E-state index < -0.39 is 5.41 Å². The Labute approximate surface area is 185 Å². The van der Waals surface area contributed by atoms with E-state index in [0.717, 1.165) is 54.0 Å². The van der Waals surface area contributed by atoms with Crippen molar-refractivity contribution >= 4 is 16.9 Å². The minimum absolute atomic E-state index is 0.0256. The summed E-state index contributed by atoms with van der Waals surface area (Å²) in [6.45, 7) is 11.5. The van der Waals surface area contributed by atoms with Crippen molar-refractivity contribution in [3.8, 4) is 5.75 Å². The van der Waals surface area contributed by atoms with Gasteiger partial charge in [0.1, 0.15) is 11.6 Å². The molecule has 0 aliphatic heterocycles. The highest BCUT2D eigenvalue weighted by molar-refractivity contribution is 5.81. The van der Waals surface area contributed by atoms with Gasteiger partial charge in [-0.25, -0.2) is 4.98 Å². The fourth-order valence-electron chi connectivity index (χ4n) is 3.46. The second-order valence-corrected chi connectivity index (χ2v) is 8.76. The van der Waals surface area contributed by atoms with Gasteiger partial charge >= 0.3 is 0 Å².